The lowest BCUT2D eigenvalue weighted by atomic mass is 10.2. The summed E-state index contributed by atoms with van der Waals surface area (Å²) in [4.78, 5) is 25.7. The van der Waals surface area contributed by atoms with Gasteiger partial charge in [0.2, 0.25) is 5.91 Å². The average Bonchev–Trinajstić information content (AvgIpc) is 2.88. The number of rotatable bonds is 6. The van der Waals surface area contributed by atoms with Crippen molar-refractivity contribution in [3.05, 3.63) is 24.3 Å². The highest BCUT2D eigenvalue weighted by atomic mass is 16.5. The van der Waals surface area contributed by atoms with Crippen LogP contribution in [0.25, 0.3) is 0 Å². The minimum Gasteiger partial charge on any atom is -0.494 e. The molecule has 1 heterocycles. The molecule has 6 nitrogen and oxygen atoms in total. The van der Waals surface area contributed by atoms with Crippen LogP contribution in [-0.2, 0) is 4.79 Å². The molecule has 0 unspecified atom stereocenters. The molecule has 0 spiro atoms. The Kier molecular flexibility index (Phi) is 5.84. The van der Waals surface area contributed by atoms with Gasteiger partial charge in [0.15, 0.2) is 0 Å². The third kappa shape index (κ3) is 4.61. The fourth-order valence-electron chi connectivity index (χ4n) is 2.50. The van der Waals surface area contributed by atoms with Crippen molar-refractivity contribution in [3.63, 3.8) is 0 Å². The highest BCUT2D eigenvalue weighted by Crippen LogP contribution is 2.24. The summed E-state index contributed by atoms with van der Waals surface area (Å²) >= 11 is 0. The molecule has 1 fully saturated rings. The molecule has 0 radical (unpaired) electrons. The summed E-state index contributed by atoms with van der Waals surface area (Å²) in [5.74, 6) is 0.800. The van der Waals surface area contributed by atoms with Gasteiger partial charge in [-0.15, -0.1) is 0 Å². The lowest BCUT2D eigenvalue weighted by molar-refractivity contribution is -0.117. The van der Waals surface area contributed by atoms with Gasteiger partial charge in [0.25, 0.3) is 0 Å². The quantitative estimate of drug-likeness (QED) is 0.845. The number of nitrogens with one attached hydrogen (secondary N) is 2. The first-order valence-electron chi connectivity index (χ1n) is 8.13. The van der Waals surface area contributed by atoms with Crippen LogP contribution in [0.3, 0.4) is 0 Å². The van der Waals surface area contributed by atoms with Gasteiger partial charge >= 0.3 is 6.03 Å². The number of anilines is 1. The Morgan fingerprint density at radius 3 is 2.65 bits per heavy atom. The second kappa shape index (κ2) is 7.85. The molecule has 1 saturated heterocycles. The highest BCUT2D eigenvalue weighted by molar-refractivity contribution is 5.96. The average molecular weight is 319 g/mol. The molecule has 6 heteroatoms. The van der Waals surface area contributed by atoms with Crippen molar-refractivity contribution in [2.45, 2.75) is 45.7 Å². The maximum atomic E-state index is 12.2. The van der Waals surface area contributed by atoms with E-state index >= 15 is 0 Å². The Balaban J connectivity index is 1.93. The van der Waals surface area contributed by atoms with Crippen LogP contribution in [0.1, 0.15) is 33.6 Å². The van der Waals surface area contributed by atoms with E-state index in [1.807, 2.05) is 45.0 Å². The van der Waals surface area contributed by atoms with E-state index in [9.17, 15) is 9.59 Å². The van der Waals surface area contributed by atoms with Crippen LogP contribution in [0, 0.1) is 0 Å². The molecule has 0 bridgehead atoms. The first-order chi connectivity index (χ1) is 11.0. The van der Waals surface area contributed by atoms with Crippen molar-refractivity contribution in [2.75, 3.05) is 18.1 Å². The van der Waals surface area contributed by atoms with Crippen LogP contribution in [0.4, 0.5) is 10.5 Å². The maximum absolute atomic E-state index is 12.2. The molecule has 2 atom stereocenters. The lowest BCUT2D eigenvalue weighted by Gasteiger charge is -2.19. The van der Waals surface area contributed by atoms with Gasteiger partial charge in [-0.2, -0.15) is 0 Å². The van der Waals surface area contributed by atoms with E-state index in [1.165, 1.54) is 0 Å². The second-order valence-electron chi connectivity index (χ2n) is 5.76. The predicted molar refractivity (Wildman–Crippen MR) is 89.8 cm³/mol. The van der Waals surface area contributed by atoms with Gasteiger partial charge in [0, 0.05) is 24.7 Å². The Morgan fingerprint density at radius 2 is 2.04 bits per heavy atom. The fraction of sp³-hybridized carbons (Fsp3) is 0.529. The Hall–Kier alpha value is -2.24. The van der Waals surface area contributed by atoms with Gasteiger partial charge in [-0.3, -0.25) is 4.79 Å². The molecule has 1 aromatic rings. The van der Waals surface area contributed by atoms with Crippen molar-refractivity contribution < 1.29 is 14.3 Å². The largest absolute Gasteiger partial charge is 0.494 e. The molecule has 0 aliphatic carbocycles. The van der Waals surface area contributed by atoms with Crippen molar-refractivity contribution in [2.24, 2.45) is 0 Å². The predicted octanol–water partition coefficient (Wildman–Crippen LogP) is 2.29. The second-order valence-corrected chi connectivity index (χ2v) is 5.76. The number of hydrogen-bond donors (Lipinski definition) is 2. The van der Waals surface area contributed by atoms with Gasteiger partial charge in [-0.25, -0.2) is 4.79 Å². The summed E-state index contributed by atoms with van der Waals surface area (Å²) in [5.41, 5.74) is 0.824. The van der Waals surface area contributed by atoms with Gasteiger partial charge in [0.05, 0.1) is 12.6 Å². The number of carbonyl (C=O) groups is 2. The normalized spacial score (nSPS) is 18.7. The zero-order chi connectivity index (χ0) is 16.8. The molecule has 23 heavy (non-hydrogen) atoms. The Morgan fingerprint density at radius 1 is 1.35 bits per heavy atom. The number of nitrogens with zero attached hydrogens (tertiary/aromatic N) is 1. The zero-order valence-electron chi connectivity index (χ0n) is 14.0. The third-order valence-corrected chi connectivity index (χ3v) is 3.91. The van der Waals surface area contributed by atoms with Crippen LogP contribution < -0.4 is 20.3 Å². The molecule has 3 amide bonds. The molecular formula is C17H25N3O3. The van der Waals surface area contributed by atoms with Crippen molar-refractivity contribution >= 4 is 17.6 Å². The number of ether oxygens (including phenoxy) is 1. The maximum Gasteiger partial charge on any atom is 0.315 e. The molecular weight excluding hydrogens is 294 g/mol. The molecule has 2 rings (SSSR count). The molecule has 1 aliphatic heterocycles. The van der Waals surface area contributed by atoms with Gasteiger partial charge in [-0.1, -0.05) is 6.92 Å². The van der Waals surface area contributed by atoms with E-state index in [-0.39, 0.29) is 24.0 Å². The van der Waals surface area contributed by atoms with E-state index in [1.54, 1.807) is 4.90 Å². The monoisotopic (exact) mass is 319 g/mol. The summed E-state index contributed by atoms with van der Waals surface area (Å²) in [5, 5.41) is 5.72. The molecule has 1 aromatic carbocycles. The van der Waals surface area contributed by atoms with Crippen molar-refractivity contribution in [3.8, 4) is 5.75 Å². The molecule has 0 aromatic heterocycles. The van der Waals surface area contributed by atoms with Gasteiger partial charge < -0.3 is 20.3 Å². The van der Waals surface area contributed by atoms with Crippen LogP contribution in [-0.4, -0.2) is 37.2 Å². The number of carbonyl (C=O) groups excluding carboxylic acids is 2. The molecule has 2 N–H and O–H groups in total. The van der Waals surface area contributed by atoms with E-state index in [2.05, 4.69) is 10.6 Å². The molecule has 0 saturated carbocycles. The lowest BCUT2D eigenvalue weighted by Crippen LogP contribution is -2.46. The summed E-state index contributed by atoms with van der Waals surface area (Å²) in [6, 6.07) is 7.16. The van der Waals surface area contributed by atoms with Crippen LogP contribution >= 0.6 is 0 Å². The fourth-order valence-corrected chi connectivity index (χ4v) is 2.50. The topological polar surface area (TPSA) is 70.7 Å². The molecule has 1 aliphatic rings. The molecule has 126 valence electrons. The van der Waals surface area contributed by atoms with Crippen molar-refractivity contribution in [1.29, 1.82) is 0 Å². The van der Waals surface area contributed by atoms with Crippen LogP contribution in [0.2, 0.25) is 0 Å². The SMILES string of the molecule is CCOc1ccc(N2C[C@@H](NC(=O)N[C@H](C)CC)CC2=O)cc1. The van der Waals surface area contributed by atoms with Crippen LogP contribution in [0.5, 0.6) is 5.75 Å². The highest BCUT2D eigenvalue weighted by Gasteiger charge is 2.31. The van der Waals surface area contributed by atoms with Gasteiger partial charge in [0.1, 0.15) is 5.75 Å². The first kappa shape index (κ1) is 17.1. The number of amides is 3. The van der Waals surface area contributed by atoms with Crippen molar-refractivity contribution in [1.82, 2.24) is 10.6 Å². The summed E-state index contributed by atoms with van der Waals surface area (Å²) in [6.45, 7) is 6.99. The van der Waals surface area contributed by atoms with Gasteiger partial charge in [-0.05, 0) is 44.5 Å². The van der Waals surface area contributed by atoms with E-state index in [4.69, 9.17) is 4.74 Å². The summed E-state index contributed by atoms with van der Waals surface area (Å²) in [7, 11) is 0. The Bertz CT molecular complexity index is 545. The van der Waals surface area contributed by atoms with E-state index in [0.29, 0.717) is 19.6 Å². The minimum atomic E-state index is -0.217. The van der Waals surface area contributed by atoms with E-state index in [0.717, 1.165) is 17.9 Å². The van der Waals surface area contributed by atoms with Crippen LogP contribution in [0.15, 0.2) is 24.3 Å². The number of benzene rings is 1. The minimum absolute atomic E-state index is 0.0167. The first-order valence-corrected chi connectivity index (χ1v) is 8.13. The summed E-state index contributed by atoms with van der Waals surface area (Å²) < 4.78 is 5.40. The number of urea groups is 1. The third-order valence-electron chi connectivity index (χ3n) is 3.91. The standard InChI is InChI=1S/C17H25N3O3/c1-4-12(3)18-17(22)19-13-10-16(21)20(11-13)14-6-8-15(9-7-14)23-5-2/h6-9,12-13H,4-5,10-11H2,1-3H3,(H2,18,19,22)/t12-,13+/m1/s1. The smallest absolute Gasteiger partial charge is 0.315 e. The van der Waals surface area contributed by atoms with E-state index < -0.39 is 0 Å². The summed E-state index contributed by atoms with van der Waals surface area (Å²) in [6.07, 6.45) is 1.19. The zero-order valence-corrected chi connectivity index (χ0v) is 14.0. The Labute approximate surface area is 137 Å². The number of hydrogen-bond acceptors (Lipinski definition) is 3.